The quantitative estimate of drug-likeness (QED) is 0.458. The highest BCUT2D eigenvalue weighted by atomic mass is 32.2. The molecule has 9 nitrogen and oxygen atoms in total. The Morgan fingerprint density at radius 3 is 2.68 bits per heavy atom. The summed E-state index contributed by atoms with van der Waals surface area (Å²) in [7, 11) is -4.73. The molecule has 1 atom stereocenters. The zero-order valence-corrected chi connectivity index (χ0v) is 21.0. The topological polar surface area (TPSA) is 126 Å². The van der Waals surface area contributed by atoms with Crippen LogP contribution in [0.5, 0.6) is 11.6 Å². The monoisotopic (exact) mass is 544 g/mol. The summed E-state index contributed by atoms with van der Waals surface area (Å²) in [6.45, 7) is 2.58. The summed E-state index contributed by atoms with van der Waals surface area (Å²) >= 11 is 0. The lowest BCUT2D eigenvalue weighted by Crippen LogP contribution is -2.44. The number of allylic oxidation sites excluding steroid dienone is 1. The SMILES string of the molecule is CC/C(C)=C\c1ccc2c(c1)N(S(=O)(=O)c1cc(C(F)(F)F)cnc1OCCO)C[C@H](CCC(=O)O)O2. The van der Waals surface area contributed by atoms with Crippen LogP contribution >= 0.6 is 0 Å². The van der Waals surface area contributed by atoms with Crippen LogP contribution < -0.4 is 13.8 Å². The second-order valence-corrected chi connectivity index (χ2v) is 10.2. The number of fused-ring (bicyclic) bond motifs is 1. The van der Waals surface area contributed by atoms with Crippen LogP contribution in [0.4, 0.5) is 18.9 Å². The first-order chi connectivity index (χ1) is 17.4. The van der Waals surface area contributed by atoms with Gasteiger partial charge in [0.15, 0.2) is 4.90 Å². The van der Waals surface area contributed by atoms with Gasteiger partial charge in [-0.25, -0.2) is 13.4 Å². The summed E-state index contributed by atoms with van der Waals surface area (Å²) in [5.41, 5.74) is 0.431. The third kappa shape index (κ3) is 6.72. The summed E-state index contributed by atoms with van der Waals surface area (Å²) in [5, 5.41) is 18.1. The lowest BCUT2D eigenvalue weighted by Gasteiger charge is -2.36. The molecule has 2 heterocycles. The van der Waals surface area contributed by atoms with Gasteiger partial charge in [-0.3, -0.25) is 9.10 Å². The summed E-state index contributed by atoms with van der Waals surface area (Å²) in [5.74, 6) is -1.58. The standard InChI is InChI=1S/C24H27F3N2O7S/c1-3-15(2)10-16-4-6-20-19(11-16)29(14-18(36-20)5-7-22(31)32)37(33,34)21-12-17(24(25,26)27)13-28-23(21)35-9-8-30/h4,6,10-13,18,30H,3,5,7-9,14H2,1-2H3,(H,31,32)/b15-10-/t18-/m0/s1. The van der Waals surface area contributed by atoms with Gasteiger partial charge in [0.1, 0.15) is 18.5 Å². The fourth-order valence-electron chi connectivity index (χ4n) is 3.61. The van der Waals surface area contributed by atoms with Crippen LogP contribution in [0.25, 0.3) is 6.08 Å². The van der Waals surface area contributed by atoms with E-state index in [9.17, 15) is 26.4 Å². The molecule has 2 N–H and O–H groups in total. The predicted octanol–water partition coefficient (Wildman–Crippen LogP) is 4.11. The number of carboxylic acid groups (broad SMARTS) is 1. The number of anilines is 1. The van der Waals surface area contributed by atoms with Gasteiger partial charge in [-0.15, -0.1) is 0 Å². The van der Waals surface area contributed by atoms with Crippen LogP contribution in [0.2, 0.25) is 0 Å². The Morgan fingerprint density at radius 1 is 1.32 bits per heavy atom. The number of ether oxygens (including phenoxy) is 2. The van der Waals surface area contributed by atoms with Gasteiger partial charge < -0.3 is 19.7 Å². The van der Waals surface area contributed by atoms with Gasteiger partial charge in [-0.05, 0) is 43.5 Å². The Kier molecular flexibility index (Phi) is 8.69. The molecule has 0 amide bonds. The highest BCUT2D eigenvalue weighted by Gasteiger charge is 2.39. The van der Waals surface area contributed by atoms with Crippen molar-refractivity contribution in [2.75, 3.05) is 24.1 Å². The van der Waals surface area contributed by atoms with Crippen molar-refractivity contribution in [2.45, 2.75) is 50.3 Å². The Bertz CT molecular complexity index is 1280. The largest absolute Gasteiger partial charge is 0.486 e. The number of aliphatic hydroxyl groups is 1. The van der Waals surface area contributed by atoms with Crippen molar-refractivity contribution in [3.8, 4) is 11.6 Å². The van der Waals surface area contributed by atoms with E-state index in [1.165, 1.54) is 12.1 Å². The first kappa shape index (κ1) is 28.3. The normalized spacial score (nSPS) is 16.2. The highest BCUT2D eigenvalue weighted by Crippen LogP contribution is 2.41. The number of hydrogen-bond acceptors (Lipinski definition) is 7. The molecule has 0 saturated carbocycles. The molecule has 0 spiro atoms. The van der Waals surface area contributed by atoms with Crippen molar-refractivity contribution in [3.63, 3.8) is 0 Å². The molecule has 13 heteroatoms. The molecule has 3 rings (SSSR count). The van der Waals surface area contributed by atoms with E-state index in [0.717, 1.165) is 16.3 Å². The summed E-state index contributed by atoms with van der Waals surface area (Å²) in [4.78, 5) is 13.8. The van der Waals surface area contributed by atoms with Crippen molar-refractivity contribution < 1.29 is 46.1 Å². The minimum absolute atomic E-state index is 0.0356. The van der Waals surface area contributed by atoms with Gasteiger partial charge in [-0.1, -0.05) is 24.6 Å². The van der Waals surface area contributed by atoms with E-state index in [1.807, 2.05) is 19.9 Å². The summed E-state index contributed by atoms with van der Waals surface area (Å²) in [6, 6.07) is 5.20. The van der Waals surface area contributed by atoms with E-state index in [4.69, 9.17) is 19.7 Å². The molecule has 0 saturated heterocycles. The third-order valence-corrected chi connectivity index (χ3v) is 7.38. The lowest BCUT2D eigenvalue weighted by atomic mass is 10.1. The molecule has 1 aliphatic heterocycles. The second-order valence-electron chi connectivity index (χ2n) is 8.38. The van der Waals surface area contributed by atoms with Gasteiger partial charge in [0.05, 0.1) is 24.4 Å². The number of aromatic nitrogens is 1. The van der Waals surface area contributed by atoms with Gasteiger partial charge in [0.25, 0.3) is 10.0 Å². The molecule has 1 aliphatic rings. The van der Waals surface area contributed by atoms with E-state index in [2.05, 4.69) is 4.98 Å². The van der Waals surface area contributed by atoms with Crippen molar-refractivity contribution in [2.24, 2.45) is 0 Å². The maximum atomic E-state index is 13.9. The van der Waals surface area contributed by atoms with Gasteiger partial charge in [0, 0.05) is 12.6 Å². The van der Waals surface area contributed by atoms with Crippen LogP contribution in [0.15, 0.2) is 40.9 Å². The van der Waals surface area contributed by atoms with Crippen LogP contribution in [-0.4, -0.2) is 55.4 Å². The van der Waals surface area contributed by atoms with Gasteiger partial charge in [0.2, 0.25) is 5.88 Å². The lowest BCUT2D eigenvalue weighted by molar-refractivity contribution is -0.138. The number of nitrogens with zero attached hydrogens (tertiary/aromatic N) is 2. The summed E-state index contributed by atoms with van der Waals surface area (Å²) in [6.07, 6.45) is -3.07. The van der Waals surface area contributed by atoms with E-state index >= 15 is 0 Å². The zero-order chi connectivity index (χ0) is 27.4. The molecule has 0 bridgehead atoms. The minimum Gasteiger partial charge on any atom is -0.486 e. The van der Waals surface area contributed by atoms with E-state index in [0.29, 0.717) is 17.8 Å². The molecule has 0 unspecified atom stereocenters. The second kappa shape index (κ2) is 11.4. The first-order valence-electron chi connectivity index (χ1n) is 11.4. The predicted molar refractivity (Wildman–Crippen MR) is 128 cm³/mol. The number of sulfonamides is 1. The number of carbonyl (C=O) groups is 1. The molecular weight excluding hydrogens is 517 g/mol. The van der Waals surface area contributed by atoms with Crippen molar-refractivity contribution in [3.05, 3.63) is 47.2 Å². The number of benzene rings is 1. The van der Waals surface area contributed by atoms with Crippen LogP contribution in [-0.2, 0) is 21.0 Å². The number of alkyl halides is 3. The molecule has 37 heavy (non-hydrogen) atoms. The average molecular weight is 545 g/mol. The molecule has 0 fully saturated rings. The van der Waals surface area contributed by atoms with Gasteiger partial charge >= 0.3 is 12.1 Å². The Morgan fingerprint density at radius 2 is 2.05 bits per heavy atom. The molecule has 0 radical (unpaired) electrons. The smallest absolute Gasteiger partial charge is 0.417 e. The molecular formula is C24H27F3N2O7S. The summed E-state index contributed by atoms with van der Waals surface area (Å²) < 4.78 is 80.0. The van der Waals surface area contributed by atoms with E-state index in [1.54, 1.807) is 6.07 Å². The van der Waals surface area contributed by atoms with Crippen LogP contribution in [0.3, 0.4) is 0 Å². The number of carboxylic acids is 1. The molecule has 1 aromatic heterocycles. The van der Waals surface area contributed by atoms with Crippen molar-refractivity contribution in [1.29, 1.82) is 0 Å². The Hall–Kier alpha value is -3.32. The van der Waals surface area contributed by atoms with Crippen LogP contribution in [0.1, 0.15) is 44.2 Å². The van der Waals surface area contributed by atoms with Gasteiger partial charge in [-0.2, -0.15) is 13.2 Å². The van der Waals surface area contributed by atoms with E-state index in [-0.39, 0.29) is 30.8 Å². The Labute approximate surface area is 212 Å². The minimum atomic E-state index is -4.88. The number of hydrogen-bond donors (Lipinski definition) is 2. The number of rotatable bonds is 10. The maximum absolute atomic E-state index is 13.9. The molecule has 2 aromatic rings. The van der Waals surface area contributed by atoms with Crippen molar-refractivity contribution in [1.82, 2.24) is 4.98 Å². The fourth-order valence-corrected chi connectivity index (χ4v) is 5.22. The number of aliphatic carboxylic acids is 1. The fraction of sp³-hybridized carbons (Fsp3) is 0.417. The average Bonchev–Trinajstić information content (AvgIpc) is 2.84. The van der Waals surface area contributed by atoms with Crippen molar-refractivity contribution >= 4 is 27.8 Å². The number of aliphatic hydroxyl groups excluding tert-OH is 1. The number of pyridine rings is 1. The first-order valence-corrected chi connectivity index (χ1v) is 12.8. The number of halogens is 3. The highest BCUT2D eigenvalue weighted by molar-refractivity contribution is 7.93. The molecule has 0 aliphatic carbocycles. The Balaban J connectivity index is 2.18. The zero-order valence-electron chi connectivity index (χ0n) is 20.2. The third-order valence-electron chi connectivity index (χ3n) is 5.61. The maximum Gasteiger partial charge on any atom is 0.417 e. The van der Waals surface area contributed by atoms with E-state index < -0.39 is 57.8 Å². The molecule has 1 aromatic carbocycles. The van der Waals surface area contributed by atoms with Crippen LogP contribution in [0, 0.1) is 0 Å². The molecule has 202 valence electrons.